The van der Waals surface area contributed by atoms with E-state index in [1.807, 2.05) is 0 Å². The van der Waals surface area contributed by atoms with Crippen LogP contribution in [0.5, 0.6) is 0 Å². The number of aliphatic hydroxyl groups excluding tert-OH is 1. The highest BCUT2D eigenvalue weighted by Crippen LogP contribution is 2.28. The minimum absolute atomic E-state index is 0.0469. The Morgan fingerprint density at radius 3 is 2.94 bits per heavy atom. The van der Waals surface area contributed by atoms with E-state index in [4.69, 9.17) is 0 Å². The van der Waals surface area contributed by atoms with Crippen LogP contribution in [0.15, 0.2) is 0 Å². The number of thiazole rings is 1. The molecule has 1 aliphatic heterocycles. The van der Waals surface area contributed by atoms with E-state index < -0.39 is 6.10 Å². The summed E-state index contributed by atoms with van der Waals surface area (Å²) in [4.78, 5) is 19.3. The number of β-amino-alcohol motifs (C(OH)–C–C–N with tert-alkyl or cyclic N) is 1. The van der Waals surface area contributed by atoms with Gasteiger partial charge in [-0.1, -0.05) is 0 Å². The largest absolute Gasteiger partial charge is 0.391 e. The first-order valence-corrected chi connectivity index (χ1v) is 6.97. The molecule has 0 spiro atoms. The number of fused-ring (bicyclic) bond motifs is 1. The predicted octanol–water partition coefficient (Wildman–Crippen LogP) is 1.12. The summed E-state index contributed by atoms with van der Waals surface area (Å²) in [5, 5.41) is 10.5. The summed E-state index contributed by atoms with van der Waals surface area (Å²) in [6, 6.07) is 0. The van der Waals surface area contributed by atoms with Crippen molar-refractivity contribution in [2.24, 2.45) is 0 Å². The second-order valence-electron chi connectivity index (χ2n) is 4.82. The van der Waals surface area contributed by atoms with Crippen molar-refractivity contribution >= 4 is 17.2 Å². The van der Waals surface area contributed by atoms with Crippen LogP contribution in [-0.2, 0) is 24.2 Å². The number of likely N-dealkylation sites (tertiary alicyclic amines) is 1. The molecular weight excluding hydrogens is 236 g/mol. The molecule has 5 heteroatoms. The Kier molecular flexibility index (Phi) is 2.88. The van der Waals surface area contributed by atoms with E-state index in [0.717, 1.165) is 17.8 Å². The van der Waals surface area contributed by atoms with Gasteiger partial charge < -0.3 is 10.0 Å². The van der Waals surface area contributed by atoms with Crippen LogP contribution in [-0.4, -0.2) is 33.5 Å². The summed E-state index contributed by atoms with van der Waals surface area (Å²) < 4.78 is 0. The van der Waals surface area contributed by atoms with Gasteiger partial charge >= 0.3 is 0 Å². The maximum atomic E-state index is 11.6. The van der Waals surface area contributed by atoms with E-state index in [0.29, 0.717) is 13.1 Å². The number of aryl methyl sites for hydroxylation is 2. The van der Waals surface area contributed by atoms with Crippen LogP contribution in [0.3, 0.4) is 0 Å². The molecule has 1 unspecified atom stereocenters. The van der Waals surface area contributed by atoms with E-state index in [-0.39, 0.29) is 12.3 Å². The molecule has 0 radical (unpaired) electrons. The molecule has 1 aliphatic carbocycles. The standard InChI is InChI=1S/C12H16N2O2S/c15-8-5-12(16)14(6-8)7-11-13-9-3-1-2-4-10(9)17-11/h8,15H,1-7H2. The maximum absolute atomic E-state index is 11.6. The average molecular weight is 252 g/mol. The Hall–Kier alpha value is -0.940. The number of amides is 1. The molecule has 2 aliphatic rings. The molecule has 1 aromatic heterocycles. The van der Waals surface area contributed by atoms with Gasteiger partial charge in [-0.05, 0) is 25.7 Å². The van der Waals surface area contributed by atoms with Gasteiger partial charge in [0.25, 0.3) is 0 Å². The third-order valence-electron chi connectivity index (χ3n) is 3.41. The highest BCUT2D eigenvalue weighted by atomic mass is 32.1. The molecule has 0 saturated carbocycles. The van der Waals surface area contributed by atoms with Crippen LogP contribution in [0.25, 0.3) is 0 Å². The van der Waals surface area contributed by atoms with Crippen molar-refractivity contribution in [1.82, 2.24) is 9.88 Å². The van der Waals surface area contributed by atoms with E-state index >= 15 is 0 Å². The van der Waals surface area contributed by atoms with Crippen molar-refractivity contribution in [3.8, 4) is 0 Å². The number of carbonyl (C=O) groups excluding carboxylic acids is 1. The highest BCUT2D eigenvalue weighted by molar-refractivity contribution is 7.11. The molecule has 92 valence electrons. The molecule has 0 bridgehead atoms. The fourth-order valence-electron chi connectivity index (χ4n) is 2.54. The molecule has 0 aromatic carbocycles. The summed E-state index contributed by atoms with van der Waals surface area (Å²) in [5.74, 6) is 0.0469. The van der Waals surface area contributed by atoms with Crippen molar-refractivity contribution in [2.75, 3.05) is 6.54 Å². The Bertz CT molecular complexity index is 420. The zero-order chi connectivity index (χ0) is 11.8. The lowest BCUT2D eigenvalue weighted by atomic mass is 10.0. The zero-order valence-electron chi connectivity index (χ0n) is 9.69. The Labute approximate surface area is 104 Å². The van der Waals surface area contributed by atoms with Gasteiger partial charge in [-0.2, -0.15) is 0 Å². The molecule has 1 atom stereocenters. The summed E-state index contributed by atoms with van der Waals surface area (Å²) >= 11 is 1.74. The summed E-state index contributed by atoms with van der Waals surface area (Å²) in [5.41, 5.74) is 1.24. The first-order chi connectivity index (χ1) is 8.22. The van der Waals surface area contributed by atoms with E-state index in [1.54, 1.807) is 16.2 Å². The third-order valence-corrected chi connectivity index (χ3v) is 4.55. The quantitative estimate of drug-likeness (QED) is 0.858. The normalized spacial score (nSPS) is 24.2. The lowest BCUT2D eigenvalue weighted by Crippen LogP contribution is -2.25. The number of carbonyl (C=O) groups is 1. The number of nitrogens with zero attached hydrogens (tertiary/aromatic N) is 2. The van der Waals surface area contributed by atoms with E-state index in [2.05, 4.69) is 4.98 Å². The molecule has 1 fully saturated rings. The first-order valence-electron chi connectivity index (χ1n) is 6.15. The Morgan fingerprint density at radius 1 is 1.41 bits per heavy atom. The van der Waals surface area contributed by atoms with Crippen LogP contribution in [0.4, 0.5) is 0 Å². The zero-order valence-corrected chi connectivity index (χ0v) is 10.5. The van der Waals surface area contributed by atoms with Gasteiger partial charge in [0.2, 0.25) is 5.91 Å². The topological polar surface area (TPSA) is 53.4 Å². The Morgan fingerprint density at radius 2 is 2.24 bits per heavy atom. The van der Waals surface area contributed by atoms with Crippen molar-refractivity contribution in [3.05, 3.63) is 15.6 Å². The molecule has 17 heavy (non-hydrogen) atoms. The van der Waals surface area contributed by atoms with Crippen molar-refractivity contribution in [2.45, 2.75) is 44.8 Å². The SMILES string of the molecule is O=C1CC(O)CN1Cc1nc2c(s1)CCCC2. The summed E-state index contributed by atoms with van der Waals surface area (Å²) in [6.07, 6.45) is 4.50. The Balaban J connectivity index is 1.73. The van der Waals surface area contributed by atoms with E-state index in [1.165, 1.54) is 23.4 Å². The average Bonchev–Trinajstić information content (AvgIpc) is 2.82. The second kappa shape index (κ2) is 4.38. The van der Waals surface area contributed by atoms with Gasteiger partial charge in [0.05, 0.1) is 24.8 Å². The smallest absolute Gasteiger partial charge is 0.225 e. The van der Waals surface area contributed by atoms with Crippen LogP contribution >= 0.6 is 11.3 Å². The van der Waals surface area contributed by atoms with Crippen molar-refractivity contribution in [3.63, 3.8) is 0 Å². The van der Waals surface area contributed by atoms with Gasteiger partial charge in [-0.3, -0.25) is 4.79 Å². The molecule has 1 amide bonds. The third kappa shape index (κ3) is 2.21. The fraction of sp³-hybridized carbons (Fsp3) is 0.667. The van der Waals surface area contributed by atoms with Crippen LogP contribution in [0, 0.1) is 0 Å². The van der Waals surface area contributed by atoms with Gasteiger partial charge in [-0.25, -0.2) is 4.98 Å². The molecular formula is C12H16N2O2S. The molecule has 2 heterocycles. The first kappa shape index (κ1) is 11.2. The maximum Gasteiger partial charge on any atom is 0.225 e. The van der Waals surface area contributed by atoms with E-state index in [9.17, 15) is 9.90 Å². The van der Waals surface area contributed by atoms with Crippen LogP contribution in [0.1, 0.15) is 34.8 Å². The van der Waals surface area contributed by atoms with Crippen molar-refractivity contribution < 1.29 is 9.90 Å². The van der Waals surface area contributed by atoms with Crippen LogP contribution < -0.4 is 0 Å². The summed E-state index contributed by atoms with van der Waals surface area (Å²) in [7, 11) is 0. The lowest BCUT2D eigenvalue weighted by molar-refractivity contribution is -0.128. The minimum atomic E-state index is -0.489. The van der Waals surface area contributed by atoms with Gasteiger partial charge in [-0.15, -0.1) is 11.3 Å². The minimum Gasteiger partial charge on any atom is -0.391 e. The number of aromatic nitrogens is 1. The molecule has 3 rings (SSSR count). The van der Waals surface area contributed by atoms with Gasteiger partial charge in [0.1, 0.15) is 5.01 Å². The number of hydrogen-bond donors (Lipinski definition) is 1. The van der Waals surface area contributed by atoms with Gasteiger partial charge in [0, 0.05) is 11.4 Å². The highest BCUT2D eigenvalue weighted by Gasteiger charge is 2.29. The number of aliphatic hydroxyl groups is 1. The van der Waals surface area contributed by atoms with Gasteiger partial charge in [0.15, 0.2) is 0 Å². The molecule has 4 nitrogen and oxygen atoms in total. The number of rotatable bonds is 2. The fourth-order valence-corrected chi connectivity index (χ4v) is 3.71. The monoisotopic (exact) mass is 252 g/mol. The second-order valence-corrected chi connectivity index (χ2v) is 5.98. The molecule has 1 aromatic rings. The molecule has 1 saturated heterocycles. The lowest BCUT2D eigenvalue weighted by Gasteiger charge is -2.13. The van der Waals surface area contributed by atoms with Crippen LogP contribution in [0.2, 0.25) is 0 Å². The molecule has 1 N–H and O–H groups in total. The summed E-state index contributed by atoms with van der Waals surface area (Å²) in [6.45, 7) is 1.04. The predicted molar refractivity (Wildman–Crippen MR) is 64.8 cm³/mol. The number of hydrogen-bond acceptors (Lipinski definition) is 4. The van der Waals surface area contributed by atoms with Crippen molar-refractivity contribution in [1.29, 1.82) is 0 Å².